The van der Waals surface area contributed by atoms with E-state index in [1.165, 1.54) is 22.3 Å². The molecule has 0 radical (unpaired) electrons. The first-order chi connectivity index (χ1) is 9.61. The summed E-state index contributed by atoms with van der Waals surface area (Å²) in [6.45, 7) is 6.28. The van der Waals surface area contributed by atoms with Crippen LogP contribution < -0.4 is 5.32 Å². The van der Waals surface area contributed by atoms with Gasteiger partial charge in [-0.3, -0.25) is 5.32 Å². The summed E-state index contributed by atoms with van der Waals surface area (Å²) in [6.07, 6.45) is 5.53. The fourth-order valence-corrected chi connectivity index (χ4v) is 2.46. The molecule has 1 N–H and O–H groups in total. The lowest BCUT2D eigenvalue weighted by Crippen LogP contribution is -2.30. The molecule has 0 saturated heterocycles. The Bertz CT molecular complexity index is 607. The third-order valence-electron chi connectivity index (χ3n) is 3.54. The topological polar surface area (TPSA) is 12.0 Å². The van der Waals surface area contributed by atoms with Crippen molar-refractivity contribution in [3.05, 3.63) is 70.8 Å². The third kappa shape index (κ3) is 3.29. The van der Waals surface area contributed by atoms with Crippen molar-refractivity contribution in [1.82, 2.24) is 5.32 Å². The molecule has 0 bridgehead atoms. The average molecular weight is 263 g/mol. The predicted molar refractivity (Wildman–Crippen MR) is 85.6 cm³/mol. The van der Waals surface area contributed by atoms with Crippen LogP contribution in [0.1, 0.15) is 35.2 Å². The van der Waals surface area contributed by atoms with Crippen molar-refractivity contribution in [2.75, 3.05) is 0 Å². The molecular weight excluding hydrogens is 242 g/mol. The molecule has 0 aliphatic carbocycles. The van der Waals surface area contributed by atoms with E-state index in [0.29, 0.717) is 0 Å². The second kappa shape index (κ2) is 6.41. The Hall–Kier alpha value is -2.04. The van der Waals surface area contributed by atoms with E-state index in [4.69, 9.17) is 6.42 Å². The van der Waals surface area contributed by atoms with E-state index in [1.807, 2.05) is 13.0 Å². The largest absolute Gasteiger partial charge is 0.293 e. The molecule has 0 aliphatic rings. The molecular formula is C19H21N. The summed E-state index contributed by atoms with van der Waals surface area (Å²) in [6, 6.07) is 17.2. The van der Waals surface area contributed by atoms with E-state index in [9.17, 15) is 0 Å². The van der Waals surface area contributed by atoms with Crippen molar-refractivity contribution in [1.29, 1.82) is 0 Å². The highest BCUT2D eigenvalue weighted by atomic mass is 14.9. The third-order valence-corrected chi connectivity index (χ3v) is 3.54. The fourth-order valence-electron chi connectivity index (χ4n) is 2.46. The van der Waals surface area contributed by atoms with Gasteiger partial charge in [0.1, 0.15) is 0 Å². The Kier molecular flexibility index (Phi) is 4.61. The molecule has 1 heteroatoms. The Morgan fingerprint density at radius 3 is 2.35 bits per heavy atom. The molecule has 2 rings (SSSR count). The van der Waals surface area contributed by atoms with Crippen molar-refractivity contribution >= 4 is 0 Å². The number of terminal acetylenes is 1. The lowest BCUT2D eigenvalue weighted by molar-refractivity contribution is 0.571. The Morgan fingerprint density at radius 2 is 1.75 bits per heavy atom. The summed E-state index contributed by atoms with van der Waals surface area (Å²) < 4.78 is 0. The molecule has 102 valence electrons. The van der Waals surface area contributed by atoms with Gasteiger partial charge in [0.2, 0.25) is 0 Å². The standard InChI is InChI=1S/C19H21N/c1-5-16(4)20-19(17-9-7-6-8-10-17)18-12-11-14(2)13-15(18)3/h1,6-13,16,19-20H,2-4H3. The highest BCUT2D eigenvalue weighted by molar-refractivity contribution is 5.39. The summed E-state index contributed by atoms with van der Waals surface area (Å²) in [4.78, 5) is 0. The first-order valence-electron chi connectivity index (χ1n) is 6.96. The first kappa shape index (κ1) is 14.4. The van der Waals surface area contributed by atoms with Crippen LogP contribution in [-0.4, -0.2) is 6.04 Å². The van der Waals surface area contributed by atoms with Crippen LogP contribution in [-0.2, 0) is 0 Å². The molecule has 0 amide bonds. The zero-order chi connectivity index (χ0) is 14.5. The van der Waals surface area contributed by atoms with Gasteiger partial charge in [-0.1, -0.05) is 60.0 Å². The van der Waals surface area contributed by atoms with Crippen molar-refractivity contribution in [3.8, 4) is 12.3 Å². The second-order valence-corrected chi connectivity index (χ2v) is 5.26. The minimum absolute atomic E-state index is 0.0286. The molecule has 0 spiro atoms. The molecule has 2 atom stereocenters. The maximum Gasteiger partial charge on any atom is 0.0665 e. The predicted octanol–water partition coefficient (Wildman–Crippen LogP) is 4.00. The monoisotopic (exact) mass is 263 g/mol. The number of rotatable bonds is 4. The van der Waals surface area contributed by atoms with Gasteiger partial charge in [0.25, 0.3) is 0 Å². The van der Waals surface area contributed by atoms with Crippen molar-refractivity contribution in [2.45, 2.75) is 32.9 Å². The van der Waals surface area contributed by atoms with Gasteiger partial charge in [-0.05, 0) is 37.5 Å². The van der Waals surface area contributed by atoms with Crippen molar-refractivity contribution < 1.29 is 0 Å². The maximum atomic E-state index is 5.53. The van der Waals surface area contributed by atoms with Crippen molar-refractivity contribution in [2.24, 2.45) is 0 Å². The Morgan fingerprint density at radius 1 is 1.05 bits per heavy atom. The molecule has 0 aliphatic heterocycles. The van der Waals surface area contributed by atoms with Gasteiger partial charge in [0, 0.05) is 0 Å². The first-order valence-corrected chi connectivity index (χ1v) is 6.96. The Labute approximate surface area is 122 Å². The van der Waals surface area contributed by atoms with Crippen LogP contribution in [0.2, 0.25) is 0 Å². The van der Waals surface area contributed by atoms with Crippen LogP contribution >= 0.6 is 0 Å². The molecule has 0 heterocycles. The van der Waals surface area contributed by atoms with Gasteiger partial charge in [-0.2, -0.15) is 0 Å². The van der Waals surface area contributed by atoms with Crippen LogP contribution in [0.5, 0.6) is 0 Å². The number of hydrogen-bond acceptors (Lipinski definition) is 1. The van der Waals surface area contributed by atoms with Gasteiger partial charge < -0.3 is 0 Å². The van der Waals surface area contributed by atoms with Gasteiger partial charge in [-0.15, -0.1) is 6.42 Å². The molecule has 20 heavy (non-hydrogen) atoms. The molecule has 2 aromatic rings. The highest BCUT2D eigenvalue weighted by Crippen LogP contribution is 2.26. The summed E-state index contributed by atoms with van der Waals surface area (Å²) in [5.74, 6) is 2.75. The van der Waals surface area contributed by atoms with E-state index < -0.39 is 0 Å². The van der Waals surface area contributed by atoms with Gasteiger partial charge >= 0.3 is 0 Å². The molecule has 0 fully saturated rings. The lowest BCUT2D eigenvalue weighted by atomic mass is 9.93. The second-order valence-electron chi connectivity index (χ2n) is 5.26. The van der Waals surface area contributed by atoms with Crippen LogP contribution in [0.4, 0.5) is 0 Å². The normalized spacial score (nSPS) is 13.5. The number of hydrogen-bond donors (Lipinski definition) is 1. The highest BCUT2D eigenvalue weighted by Gasteiger charge is 2.17. The molecule has 0 saturated carbocycles. The SMILES string of the molecule is C#CC(C)NC(c1ccccc1)c1ccc(C)cc1C. The Balaban J connectivity index is 2.44. The van der Waals surface area contributed by atoms with Crippen LogP contribution in [0, 0.1) is 26.2 Å². The van der Waals surface area contributed by atoms with Crippen LogP contribution in [0.3, 0.4) is 0 Å². The lowest BCUT2D eigenvalue weighted by Gasteiger charge is -2.23. The van der Waals surface area contributed by atoms with Gasteiger partial charge in [0.05, 0.1) is 12.1 Å². The fraction of sp³-hybridized carbons (Fsp3) is 0.263. The van der Waals surface area contributed by atoms with E-state index in [2.05, 4.69) is 67.5 Å². The quantitative estimate of drug-likeness (QED) is 0.822. The minimum Gasteiger partial charge on any atom is -0.293 e. The molecule has 1 nitrogen and oxygen atoms in total. The van der Waals surface area contributed by atoms with Gasteiger partial charge in [0.15, 0.2) is 0 Å². The van der Waals surface area contributed by atoms with E-state index >= 15 is 0 Å². The smallest absolute Gasteiger partial charge is 0.0665 e. The summed E-state index contributed by atoms with van der Waals surface area (Å²) in [5, 5.41) is 3.52. The maximum absolute atomic E-state index is 5.53. The number of nitrogens with one attached hydrogen (secondary N) is 1. The molecule has 2 unspecified atom stereocenters. The summed E-state index contributed by atoms with van der Waals surface area (Å²) in [7, 11) is 0. The number of benzene rings is 2. The van der Waals surface area contributed by atoms with E-state index in [0.717, 1.165) is 0 Å². The summed E-state index contributed by atoms with van der Waals surface area (Å²) in [5.41, 5.74) is 5.09. The van der Waals surface area contributed by atoms with E-state index in [1.54, 1.807) is 0 Å². The molecule has 2 aromatic carbocycles. The minimum atomic E-state index is 0.0286. The summed E-state index contributed by atoms with van der Waals surface area (Å²) >= 11 is 0. The average Bonchev–Trinajstić information content (AvgIpc) is 2.46. The van der Waals surface area contributed by atoms with Gasteiger partial charge in [-0.25, -0.2) is 0 Å². The molecule has 0 aromatic heterocycles. The van der Waals surface area contributed by atoms with Crippen LogP contribution in [0.25, 0.3) is 0 Å². The zero-order valence-electron chi connectivity index (χ0n) is 12.4. The van der Waals surface area contributed by atoms with E-state index in [-0.39, 0.29) is 12.1 Å². The zero-order valence-corrected chi connectivity index (χ0v) is 12.4. The number of aryl methyl sites for hydroxylation is 2. The van der Waals surface area contributed by atoms with Crippen LogP contribution in [0.15, 0.2) is 48.5 Å². The van der Waals surface area contributed by atoms with Crippen molar-refractivity contribution in [3.63, 3.8) is 0 Å².